The third kappa shape index (κ3) is 3.71. The number of rotatable bonds is 3. The molecule has 1 aliphatic rings. The molecule has 1 heterocycles. The average molecular weight is 268 g/mol. The molecule has 0 aliphatic carbocycles. The number of nitro groups is 1. The molecule has 0 radical (unpaired) electrons. The Balaban J connectivity index is 2.05. The van der Waals surface area contributed by atoms with Crippen LogP contribution in [0.5, 0.6) is 0 Å². The molecule has 6 heteroatoms. The van der Waals surface area contributed by atoms with Crippen LogP contribution in [0.4, 0.5) is 10.1 Å². The van der Waals surface area contributed by atoms with Gasteiger partial charge in [0.2, 0.25) is 0 Å². The van der Waals surface area contributed by atoms with Crippen molar-refractivity contribution in [3.05, 3.63) is 39.7 Å². The quantitative estimate of drug-likeness (QED) is 0.673. The van der Waals surface area contributed by atoms with Crippen LogP contribution in [0.15, 0.2) is 18.2 Å². The van der Waals surface area contributed by atoms with Crippen LogP contribution in [0, 0.1) is 15.9 Å². The number of halogens is 1. The molecule has 104 valence electrons. The normalized spacial score (nSPS) is 19.3. The van der Waals surface area contributed by atoms with Crippen LogP contribution in [0.25, 0.3) is 0 Å². The fourth-order valence-corrected chi connectivity index (χ4v) is 2.28. The highest BCUT2D eigenvalue weighted by molar-refractivity contribution is 5.35. The van der Waals surface area contributed by atoms with Crippen molar-refractivity contribution >= 4 is 5.69 Å². The van der Waals surface area contributed by atoms with E-state index in [2.05, 4.69) is 4.90 Å². The van der Waals surface area contributed by atoms with Gasteiger partial charge in [0.05, 0.1) is 16.6 Å². The maximum Gasteiger partial charge on any atom is 0.272 e. The van der Waals surface area contributed by atoms with Gasteiger partial charge < -0.3 is 5.11 Å². The molecule has 1 saturated heterocycles. The molecule has 1 aromatic carbocycles. The van der Waals surface area contributed by atoms with Crippen LogP contribution in [0.2, 0.25) is 0 Å². The van der Waals surface area contributed by atoms with Crippen molar-refractivity contribution in [3.63, 3.8) is 0 Å². The molecule has 0 bridgehead atoms. The van der Waals surface area contributed by atoms with Crippen LogP contribution >= 0.6 is 0 Å². The van der Waals surface area contributed by atoms with Crippen molar-refractivity contribution in [2.24, 2.45) is 0 Å². The Kier molecular flexibility index (Phi) is 3.82. The first-order valence-corrected chi connectivity index (χ1v) is 6.24. The Hall–Kier alpha value is -1.53. The van der Waals surface area contributed by atoms with Crippen molar-refractivity contribution in [1.29, 1.82) is 0 Å². The molecule has 0 saturated carbocycles. The van der Waals surface area contributed by atoms with Crippen LogP contribution in [0.1, 0.15) is 25.3 Å². The summed E-state index contributed by atoms with van der Waals surface area (Å²) in [5.41, 5.74) is -0.267. The van der Waals surface area contributed by atoms with Gasteiger partial charge in [-0.2, -0.15) is 0 Å². The highest BCUT2D eigenvalue weighted by atomic mass is 19.1. The zero-order chi connectivity index (χ0) is 14.0. The minimum atomic E-state index is -0.634. The van der Waals surface area contributed by atoms with Crippen molar-refractivity contribution in [3.8, 4) is 0 Å². The molecule has 0 unspecified atom stereocenters. The number of benzene rings is 1. The smallest absolute Gasteiger partial charge is 0.272 e. The van der Waals surface area contributed by atoms with E-state index in [1.807, 2.05) is 0 Å². The molecule has 19 heavy (non-hydrogen) atoms. The molecule has 0 amide bonds. The van der Waals surface area contributed by atoms with Gasteiger partial charge in [0.1, 0.15) is 5.82 Å². The molecule has 1 aromatic rings. The second kappa shape index (κ2) is 5.22. The predicted octanol–water partition coefficient (Wildman–Crippen LogP) is 2.08. The minimum Gasteiger partial charge on any atom is -0.390 e. The summed E-state index contributed by atoms with van der Waals surface area (Å²) in [6, 6.07) is 3.64. The van der Waals surface area contributed by atoms with E-state index in [0.717, 1.165) is 6.07 Å². The molecule has 5 nitrogen and oxygen atoms in total. The summed E-state index contributed by atoms with van der Waals surface area (Å²) < 4.78 is 13.3. The lowest BCUT2D eigenvalue weighted by Gasteiger charge is -2.35. The third-order valence-corrected chi connectivity index (χ3v) is 3.49. The summed E-state index contributed by atoms with van der Waals surface area (Å²) in [4.78, 5) is 12.2. The van der Waals surface area contributed by atoms with Gasteiger partial charge in [-0.3, -0.25) is 15.0 Å². The summed E-state index contributed by atoms with van der Waals surface area (Å²) in [6.45, 7) is 3.68. The van der Waals surface area contributed by atoms with Crippen LogP contribution in [0.3, 0.4) is 0 Å². The topological polar surface area (TPSA) is 66.6 Å². The Morgan fingerprint density at radius 2 is 2.05 bits per heavy atom. The van der Waals surface area contributed by atoms with Gasteiger partial charge in [-0.25, -0.2) is 4.39 Å². The molecule has 1 fully saturated rings. The number of likely N-dealkylation sites (tertiary alicyclic amines) is 1. The van der Waals surface area contributed by atoms with E-state index in [1.165, 1.54) is 12.1 Å². The van der Waals surface area contributed by atoms with Gasteiger partial charge in [-0.1, -0.05) is 0 Å². The fraction of sp³-hybridized carbons (Fsp3) is 0.538. The predicted molar refractivity (Wildman–Crippen MR) is 68.2 cm³/mol. The van der Waals surface area contributed by atoms with E-state index >= 15 is 0 Å². The Labute approximate surface area is 110 Å². The van der Waals surface area contributed by atoms with E-state index < -0.39 is 16.3 Å². The third-order valence-electron chi connectivity index (χ3n) is 3.49. The number of piperidine rings is 1. The van der Waals surface area contributed by atoms with E-state index in [9.17, 15) is 19.6 Å². The highest BCUT2D eigenvalue weighted by Crippen LogP contribution is 2.23. The van der Waals surface area contributed by atoms with Crippen LogP contribution in [-0.2, 0) is 6.54 Å². The van der Waals surface area contributed by atoms with E-state index in [0.29, 0.717) is 38.0 Å². The van der Waals surface area contributed by atoms with Crippen molar-refractivity contribution < 1.29 is 14.4 Å². The van der Waals surface area contributed by atoms with Crippen LogP contribution < -0.4 is 0 Å². The summed E-state index contributed by atoms with van der Waals surface area (Å²) >= 11 is 0. The summed E-state index contributed by atoms with van der Waals surface area (Å²) in [5, 5.41) is 20.5. The first-order chi connectivity index (χ1) is 8.85. The average Bonchev–Trinajstić information content (AvgIpc) is 2.31. The van der Waals surface area contributed by atoms with Crippen molar-refractivity contribution in [1.82, 2.24) is 4.90 Å². The zero-order valence-corrected chi connectivity index (χ0v) is 10.8. The second-order valence-electron chi connectivity index (χ2n) is 5.35. The first kappa shape index (κ1) is 13.9. The standard InChI is InChI=1S/C13H17FN2O3/c1-13(17)2-4-15(5-3-13)9-10-6-11(14)8-12(7-10)16(18)19/h6-8,17H,2-5,9H2,1H3. The first-order valence-electron chi connectivity index (χ1n) is 6.24. The minimum absolute atomic E-state index is 0.223. The van der Waals surface area contributed by atoms with E-state index in [4.69, 9.17) is 0 Å². The number of nitro benzene ring substituents is 1. The number of hydrogen-bond acceptors (Lipinski definition) is 4. The number of aliphatic hydroxyl groups is 1. The highest BCUT2D eigenvalue weighted by Gasteiger charge is 2.27. The van der Waals surface area contributed by atoms with Gasteiger partial charge in [0, 0.05) is 25.7 Å². The molecular weight excluding hydrogens is 251 g/mol. The molecule has 1 N–H and O–H groups in total. The summed E-state index contributed by atoms with van der Waals surface area (Å²) in [7, 11) is 0. The van der Waals surface area contributed by atoms with Gasteiger partial charge >= 0.3 is 0 Å². The second-order valence-corrected chi connectivity index (χ2v) is 5.35. The maximum atomic E-state index is 13.3. The van der Waals surface area contributed by atoms with Crippen molar-refractivity contribution in [2.75, 3.05) is 13.1 Å². The summed E-state index contributed by atoms with van der Waals surface area (Å²) in [6.07, 6.45) is 1.31. The zero-order valence-electron chi connectivity index (χ0n) is 10.8. The molecular formula is C13H17FN2O3. The lowest BCUT2D eigenvalue weighted by molar-refractivity contribution is -0.385. The maximum absolute atomic E-state index is 13.3. The molecule has 0 spiro atoms. The summed E-state index contributed by atoms with van der Waals surface area (Å²) in [5.74, 6) is -0.590. The molecule has 0 atom stereocenters. The van der Waals surface area contributed by atoms with Gasteiger partial charge in [-0.15, -0.1) is 0 Å². The Morgan fingerprint density at radius 1 is 1.42 bits per heavy atom. The largest absolute Gasteiger partial charge is 0.390 e. The lowest BCUT2D eigenvalue weighted by atomic mass is 9.93. The molecule has 1 aliphatic heterocycles. The van der Waals surface area contributed by atoms with Crippen molar-refractivity contribution in [2.45, 2.75) is 31.9 Å². The SMILES string of the molecule is CC1(O)CCN(Cc2cc(F)cc([N+](=O)[O-])c2)CC1. The van der Waals surface area contributed by atoms with E-state index in [1.54, 1.807) is 6.92 Å². The van der Waals surface area contributed by atoms with E-state index in [-0.39, 0.29) is 5.69 Å². The number of nitrogens with zero attached hydrogens (tertiary/aromatic N) is 2. The molecule has 0 aromatic heterocycles. The lowest BCUT2D eigenvalue weighted by Crippen LogP contribution is -2.41. The monoisotopic (exact) mass is 268 g/mol. The Bertz CT molecular complexity index is 481. The van der Waals surface area contributed by atoms with Gasteiger partial charge in [0.15, 0.2) is 0 Å². The Morgan fingerprint density at radius 3 is 2.63 bits per heavy atom. The fourth-order valence-electron chi connectivity index (χ4n) is 2.28. The van der Waals surface area contributed by atoms with Crippen LogP contribution in [-0.4, -0.2) is 33.6 Å². The number of hydrogen-bond donors (Lipinski definition) is 1. The number of non-ortho nitro benzene ring substituents is 1. The van der Waals surface area contributed by atoms with Gasteiger partial charge in [0.25, 0.3) is 5.69 Å². The van der Waals surface area contributed by atoms with Gasteiger partial charge in [-0.05, 0) is 31.4 Å². The molecule has 2 rings (SSSR count).